The van der Waals surface area contributed by atoms with Gasteiger partial charge in [-0.3, -0.25) is 9.59 Å². The fourth-order valence-electron chi connectivity index (χ4n) is 5.78. The number of carboxylic acids is 1. The summed E-state index contributed by atoms with van der Waals surface area (Å²) >= 11 is 0. The molecule has 4 N–H and O–H groups in total. The Balaban J connectivity index is 1.68. The van der Waals surface area contributed by atoms with Crippen LogP contribution >= 0.6 is 0 Å². The van der Waals surface area contributed by atoms with E-state index in [0.717, 1.165) is 27.3 Å². The van der Waals surface area contributed by atoms with Gasteiger partial charge in [0, 0.05) is 17.5 Å². The number of hydrogen-bond acceptors (Lipinski definition) is 6. The van der Waals surface area contributed by atoms with E-state index in [9.17, 15) is 19.9 Å². The third kappa shape index (κ3) is 2.92. The van der Waals surface area contributed by atoms with Crippen LogP contribution in [-0.2, 0) is 14.3 Å². The summed E-state index contributed by atoms with van der Waals surface area (Å²) in [5, 5.41) is 22.0. The average molecular weight is 439 g/mol. The van der Waals surface area contributed by atoms with Crippen LogP contribution in [0.4, 0.5) is 0 Å². The number of carbonyl (C=O) groups excluding carboxylic acids is 1. The molecule has 1 saturated heterocycles. The minimum absolute atomic E-state index is 0.0144. The highest BCUT2D eigenvalue weighted by Crippen LogP contribution is 2.50. The molecule has 0 radical (unpaired) electrons. The number of ether oxygens (including phenoxy) is 1. The molecule has 1 aliphatic heterocycles. The lowest BCUT2D eigenvalue weighted by Gasteiger charge is -2.58. The molecule has 0 amide bonds. The van der Waals surface area contributed by atoms with Crippen molar-refractivity contribution >= 4 is 11.9 Å². The molecule has 0 spiro atoms. The summed E-state index contributed by atoms with van der Waals surface area (Å²) in [6.07, 6.45) is 0.115. The van der Waals surface area contributed by atoms with Crippen molar-refractivity contribution in [3.05, 3.63) is 59.7 Å². The highest BCUT2D eigenvalue weighted by atomic mass is 16.5. The number of nitrogens with zero attached hydrogens (tertiary/aromatic N) is 1. The lowest BCUT2D eigenvalue weighted by atomic mass is 9.59. The molecule has 2 atom stereocenters. The fraction of sp³-hybridized carbons (Fsp3) is 0.440. The van der Waals surface area contributed by atoms with E-state index in [1.165, 1.54) is 13.8 Å². The third-order valence-corrected chi connectivity index (χ3v) is 7.35. The normalized spacial score (nSPS) is 26.2. The largest absolute Gasteiger partial charge is 0.480 e. The van der Waals surface area contributed by atoms with E-state index in [2.05, 4.69) is 0 Å². The molecule has 7 nitrogen and oxygen atoms in total. The molecular weight excluding hydrogens is 408 g/mol. The van der Waals surface area contributed by atoms with Gasteiger partial charge in [-0.05, 0) is 56.4 Å². The van der Waals surface area contributed by atoms with E-state index in [4.69, 9.17) is 10.5 Å². The molecule has 32 heavy (non-hydrogen) atoms. The number of rotatable bonds is 4. The van der Waals surface area contributed by atoms with E-state index >= 15 is 0 Å². The number of hydroxylamine groups is 2. The van der Waals surface area contributed by atoms with Gasteiger partial charge in [-0.1, -0.05) is 48.5 Å². The van der Waals surface area contributed by atoms with Crippen molar-refractivity contribution < 1.29 is 24.6 Å². The average Bonchev–Trinajstić information content (AvgIpc) is 3.04. The van der Waals surface area contributed by atoms with Crippen LogP contribution in [0.15, 0.2) is 48.5 Å². The van der Waals surface area contributed by atoms with Crippen molar-refractivity contribution in [1.29, 1.82) is 0 Å². The first-order chi connectivity index (χ1) is 15.0. The summed E-state index contributed by atoms with van der Waals surface area (Å²) in [4.78, 5) is 26.1. The number of esters is 1. The van der Waals surface area contributed by atoms with Gasteiger partial charge in [0.05, 0.1) is 5.54 Å². The van der Waals surface area contributed by atoms with Gasteiger partial charge in [-0.2, -0.15) is 5.06 Å². The Morgan fingerprint density at radius 3 is 2.03 bits per heavy atom. The zero-order valence-electron chi connectivity index (χ0n) is 18.8. The molecule has 4 rings (SSSR count). The number of carboxylic acid groups (broad SMARTS) is 1. The van der Waals surface area contributed by atoms with Gasteiger partial charge in [0.25, 0.3) is 0 Å². The van der Waals surface area contributed by atoms with Crippen molar-refractivity contribution in [2.24, 2.45) is 11.1 Å². The molecule has 1 aliphatic carbocycles. The fourth-order valence-corrected chi connectivity index (χ4v) is 5.78. The van der Waals surface area contributed by atoms with Gasteiger partial charge in [0.1, 0.15) is 6.61 Å². The summed E-state index contributed by atoms with van der Waals surface area (Å²) < 4.78 is 5.73. The second kappa shape index (κ2) is 7.40. The lowest BCUT2D eigenvalue weighted by molar-refractivity contribution is -0.284. The zero-order chi connectivity index (χ0) is 23.5. The number of hydrogen-bond donors (Lipinski definition) is 3. The van der Waals surface area contributed by atoms with Crippen LogP contribution in [0, 0.1) is 5.41 Å². The molecule has 170 valence electrons. The van der Waals surface area contributed by atoms with Crippen molar-refractivity contribution in [2.75, 3.05) is 6.61 Å². The Kier molecular flexibility index (Phi) is 5.19. The third-order valence-electron chi connectivity index (χ3n) is 7.35. The molecule has 0 saturated carbocycles. The molecule has 0 bridgehead atoms. The number of carbonyl (C=O) groups is 2. The summed E-state index contributed by atoms with van der Waals surface area (Å²) in [6, 6.07) is 14.8. The van der Waals surface area contributed by atoms with Crippen molar-refractivity contribution in [1.82, 2.24) is 5.06 Å². The van der Waals surface area contributed by atoms with Gasteiger partial charge in [0.15, 0.2) is 5.41 Å². The van der Waals surface area contributed by atoms with Crippen LogP contribution < -0.4 is 5.73 Å². The van der Waals surface area contributed by atoms with Gasteiger partial charge >= 0.3 is 11.9 Å². The van der Waals surface area contributed by atoms with Gasteiger partial charge in [-0.15, -0.1) is 0 Å². The van der Waals surface area contributed by atoms with Gasteiger partial charge in [-0.25, -0.2) is 0 Å². The molecule has 2 unspecified atom stereocenters. The first-order valence-electron chi connectivity index (χ1n) is 10.8. The summed E-state index contributed by atoms with van der Waals surface area (Å²) in [5.74, 6) is -2.54. The highest BCUT2D eigenvalue weighted by Gasteiger charge is 2.70. The SMILES string of the molecule is CC1(C)CC(N)C(C(=O)O)(C(=O)OCC2c3ccccc3-c3ccccc32)C(C)(C)N1O. The summed E-state index contributed by atoms with van der Waals surface area (Å²) in [7, 11) is 0. The van der Waals surface area contributed by atoms with Crippen molar-refractivity contribution in [3.63, 3.8) is 0 Å². The monoisotopic (exact) mass is 438 g/mol. The number of benzene rings is 2. The second-order valence-electron chi connectivity index (χ2n) is 9.93. The predicted octanol–water partition coefficient (Wildman–Crippen LogP) is 3.39. The second-order valence-corrected chi connectivity index (χ2v) is 9.93. The Morgan fingerprint density at radius 2 is 1.53 bits per heavy atom. The number of aliphatic carboxylic acids is 1. The molecule has 1 heterocycles. The Labute approximate surface area is 187 Å². The van der Waals surface area contributed by atoms with Crippen molar-refractivity contribution in [2.45, 2.75) is 57.2 Å². The van der Waals surface area contributed by atoms with Crippen LogP contribution in [0.5, 0.6) is 0 Å². The maximum atomic E-state index is 13.5. The lowest BCUT2D eigenvalue weighted by Crippen LogP contribution is -2.77. The molecule has 0 aromatic heterocycles. The number of piperidine rings is 1. The Morgan fingerprint density at radius 1 is 1.03 bits per heavy atom. The van der Waals surface area contributed by atoms with E-state index < -0.39 is 34.5 Å². The molecule has 2 aromatic carbocycles. The van der Waals surface area contributed by atoms with E-state index in [1.54, 1.807) is 13.8 Å². The van der Waals surface area contributed by atoms with E-state index in [1.807, 2.05) is 48.5 Å². The molecular formula is C25H30N2O5. The standard InChI is InChI=1S/C25H30N2O5/c1-23(2)13-20(26)25(21(28)29,24(3,4)27(23)31)22(30)32-14-19-17-11-7-5-9-15(17)16-10-6-8-12-18(16)19/h5-12,19-20,31H,13-14,26H2,1-4H3,(H,28,29). The molecule has 7 heteroatoms. The van der Waals surface area contributed by atoms with Crippen LogP contribution in [0.3, 0.4) is 0 Å². The molecule has 2 aromatic rings. The zero-order valence-corrected chi connectivity index (χ0v) is 18.8. The predicted molar refractivity (Wildman–Crippen MR) is 119 cm³/mol. The number of nitrogens with two attached hydrogens (primary N) is 1. The summed E-state index contributed by atoms with van der Waals surface area (Å²) in [6.45, 7) is 6.54. The Bertz CT molecular complexity index is 1030. The quantitative estimate of drug-likeness (QED) is 0.495. The van der Waals surface area contributed by atoms with Crippen LogP contribution in [0.2, 0.25) is 0 Å². The summed E-state index contributed by atoms with van der Waals surface area (Å²) in [5.41, 5.74) is 6.14. The molecule has 2 aliphatic rings. The maximum Gasteiger partial charge on any atom is 0.327 e. The van der Waals surface area contributed by atoms with Crippen LogP contribution in [0.1, 0.15) is 51.2 Å². The minimum atomic E-state index is -2.13. The first-order valence-corrected chi connectivity index (χ1v) is 10.8. The Hall–Kier alpha value is -2.74. The van der Waals surface area contributed by atoms with E-state index in [0.29, 0.717) is 0 Å². The number of fused-ring (bicyclic) bond motifs is 3. The highest BCUT2D eigenvalue weighted by molar-refractivity contribution is 6.02. The minimum Gasteiger partial charge on any atom is -0.480 e. The van der Waals surface area contributed by atoms with Crippen molar-refractivity contribution in [3.8, 4) is 11.1 Å². The topological polar surface area (TPSA) is 113 Å². The van der Waals surface area contributed by atoms with Gasteiger partial charge < -0.3 is 20.8 Å². The van der Waals surface area contributed by atoms with Crippen LogP contribution in [0.25, 0.3) is 11.1 Å². The van der Waals surface area contributed by atoms with Gasteiger partial charge in [0.2, 0.25) is 0 Å². The maximum absolute atomic E-state index is 13.5. The van der Waals surface area contributed by atoms with E-state index in [-0.39, 0.29) is 18.9 Å². The molecule has 1 fully saturated rings. The van der Waals surface area contributed by atoms with Crippen LogP contribution in [-0.4, -0.2) is 51.0 Å². The smallest absolute Gasteiger partial charge is 0.327 e. The first kappa shape index (κ1) is 22.5.